The van der Waals surface area contributed by atoms with Crippen LogP contribution >= 0.6 is 11.6 Å². The number of hydrogen-bond acceptors (Lipinski definition) is 2. The monoisotopic (exact) mass is 263 g/mol. The molecule has 1 aliphatic rings. The summed E-state index contributed by atoms with van der Waals surface area (Å²) in [6.45, 7) is 4.22. The number of nitrogens with zero attached hydrogens (tertiary/aromatic N) is 2. The smallest absolute Gasteiger partial charge is 0.137 e. The van der Waals surface area contributed by atoms with Gasteiger partial charge in [0.1, 0.15) is 5.65 Å². The van der Waals surface area contributed by atoms with Crippen molar-refractivity contribution in [1.82, 2.24) is 14.7 Å². The minimum atomic E-state index is 0.586. The predicted molar refractivity (Wildman–Crippen MR) is 73.9 cm³/mol. The second-order valence-corrected chi connectivity index (χ2v) is 5.74. The lowest BCUT2D eigenvalue weighted by molar-refractivity contribution is 0.442. The Labute approximate surface area is 112 Å². The molecule has 3 rings (SSSR count). The van der Waals surface area contributed by atoms with Gasteiger partial charge in [0.2, 0.25) is 0 Å². The van der Waals surface area contributed by atoms with E-state index in [2.05, 4.69) is 17.2 Å². The second-order valence-electron chi connectivity index (χ2n) is 5.30. The second kappa shape index (κ2) is 4.56. The summed E-state index contributed by atoms with van der Waals surface area (Å²) in [7, 11) is 0. The SMILES string of the molecule is CCC1(CNCc2cn3cc(Cl)ccc3n2)CC1. The Morgan fingerprint density at radius 2 is 2.22 bits per heavy atom. The number of rotatable bonds is 5. The number of fused-ring (bicyclic) bond motifs is 1. The Balaban J connectivity index is 1.64. The summed E-state index contributed by atoms with van der Waals surface area (Å²) in [4.78, 5) is 4.56. The van der Waals surface area contributed by atoms with Gasteiger partial charge in [-0.05, 0) is 36.8 Å². The fraction of sp³-hybridized carbons (Fsp3) is 0.500. The van der Waals surface area contributed by atoms with E-state index in [0.29, 0.717) is 5.41 Å². The first-order valence-corrected chi connectivity index (χ1v) is 6.92. The summed E-state index contributed by atoms with van der Waals surface area (Å²) in [5.74, 6) is 0. The maximum absolute atomic E-state index is 5.95. The van der Waals surface area contributed by atoms with Crippen LogP contribution in [-0.2, 0) is 6.54 Å². The molecule has 1 fully saturated rings. The van der Waals surface area contributed by atoms with E-state index in [1.165, 1.54) is 19.3 Å². The largest absolute Gasteiger partial charge is 0.311 e. The Morgan fingerprint density at radius 1 is 1.39 bits per heavy atom. The van der Waals surface area contributed by atoms with E-state index in [-0.39, 0.29) is 0 Å². The van der Waals surface area contributed by atoms with Crippen molar-refractivity contribution in [1.29, 1.82) is 0 Å². The molecule has 2 aromatic heterocycles. The molecule has 0 radical (unpaired) electrons. The Bertz CT molecular complexity index is 557. The topological polar surface area (TPSA) is 29.3 Å². The number of aromatic nitrogens is 2. The highest BCUT2D eigenvalue weighted by Crippen LogP contribution is 2.47. The van der Waals surface area contributed by atoms with Crippen LogP contribution in [0.2, 0.25) is 5.02 Å². The van der Waals surface area contributed by atoms with Gasteiger partial charge in [0, 0.05) is 25.5 Å². The third-order valence-corrected chi connectivity index (χ3v) is 4.20. The molecule has 0 saturated heterocycles. The Hall–Kier alpha value is -1.06. The van der Waals surface area contributed by atoms with E-state index in [1.807, 2.05) is 28.9 Å². The summed E-state index contributed by atoms with van der Waals surface area (Å²) in [5, 5.41) is 4.26. The molecule has 1 N–H and O–H groups in total. The predicted octanol–water partition coefficient (Wildman–Crippen LogP) is 3.27. The van der Waals surface area contributed by atoms with Crippen LogP contribution in [0.25, 0.3) is 5.65 Å². The summed E-state index contributed by atoms with van der Waals surface area (Å²) >= 11 is 5.95. The lowest BCUT2D eigenvalue weighted by Gasteiger charge is -2.12. The molecule has 0 aliphatic heterocycles. The maximum atomic E-state index is 5.95. The van der Waals surface area contributed by atoms with Crippen molar-refractivity contribution < 1.29 is 0 Å². The van der Waals surface area contributed by atoms with Gasteiger partial charge in [0.15, 0.2) is 0 Å². The minimum absolute atomic E-state index is 0.586. The molecule has 4 heteroatoms. The van der Waals surface area contributed by atoms with E-state index in [4.69, 9.17) is 11.6 Å². The van der Waals surface area contributed by atoms with Gasteiger partial charge in [-0.15, -0.1) is 0 Å². The van der Waals surface area contributed by atoms with Gasteiger partial charge in [-0.25, -0.2) is 4.98 Å². The Kier molecular flexibility index (Phi) is 3.04. The van der Waals surface area contributed by atoms with Crippen molar-refractivity contribution in [2.75, 3.05) is 6.54 Å². The van der Waals surface area contributed by atoms with Crippen LogP contribution in [0.15, 0.2) is 24.5 Å². The van der Waals surface area contributed by atoms with Crippen LogP contribution in [-0.4, -0.2) is 15.9 Å². The zero-order valence-corrected chi connectivity index (χ0v) is 11.4. The summed E-state index contributed by atoms with van der Waals surface area (Å²) in [6.07, 6.45) is 7.96. The van der Waals surface area contributed by atoms with Crippen molar-refractivity contribution >= 4 is 17.2 Å². The summed E-state index contributed by atoms with van der Waals surface area (Å²) in [5.41, 5.74) is 2.61. The van der Waals surface area contributed by atoms with Crippen molar-refractivity contribution in [3.63, 3.8) is 0 Å². The van der Waals surface area contributed by atoms with Gasteiger partial charge in [-0.3, -0.25) is 0 Å². The number of imidazole rings is 1. The molecule has 0 aromatic carbocycles. The molecular formula is C14H18ClN3. The first-order chi connectivity index (χ1) is 8.71. The molecule has 0 amide bonds. The summed E-state index contributed by atoms with van der Waals surface area (Å²) in [6, 6.07) is 3.82. The van der Waals surface area contributed by atoms with E-state index in [0.717, 1.165) is 29.5 Å². The van der Waals surface area contributed by atoms with Crippen LogP contribution in [0.1, 0.15) is 31.9 Å². The Morgan fingerprint density at radius 3 is 2.94 bits per heavy atom. The van der Waals surface area contributed by atoms with Crippen molar-refractivity contribution in [3.05, 3.63) is 35.2 Å². The van der Waals surface area contributed by atoms with Gasteiger partial charge < -0.3 is 9.72 Å². The highest BCUT2D eigenvalue weighted by molar-refractivity contribution is 6.30. The van der Waals surface area contributed by atoms with Crippen LogP contribution < -0.4 is 5.32 Å². The van der Waals surface area contributed by atoms with Crippen LogP contribution in [0.4, 0.5) is 0 Å². The highest BCUT2D eigenvalue weighted by atomic mass is 35.5. The highest BCUT2D eigenvalue weighted by Gasteiger charge is 2.39. The summed E-state index contributed by atoms with van der Waals surface area (Å²) < 4.78 is 1.98. The van der Waals surface area contributed by atoms with Crippen molar-refractivity contribution in [2.45, 2.75) is 32.7 Å². The first-order valence-electron chi connectivity index (χ1n) is 6.55. The van der Waals surface area contributed by atoms with E-state index in [9.17, 15) is 0 Å². The third-order valence-electron chi connectivity index (χ3n) is 3.98. The fourth-order valence-electron chi connectivity index (χ4n) is 2.39. The van der Waals surface area contributed by atoms with E-state index >= 15 is 0 Å². The maximum Gasteiger partial charge on any atom is 0.137 e. The number of nitrogens with one attached hydrogen (secondary N) is 1. The standard InChI is InChI=1S/C14H18ClN3/c1-2-14(5-6-14)10-16-7-12-9-18-8-11(15)3-4-13(18)17-12/h3-4,8-9,16H,2,5-7,10H2,1H3. The third kappa shape index (κ3) is 2.38. The average molecular weight is 264 g/mol. The lowest BCUT2D eigenvalue weighted by atomic mass is 10.0. The quantitative estimate of drug-likeness (QED) is 0.897. The molecule has 0 atom stereocenters. The van der Waals surface area contributed by atoms with E-state index < -0.39 is 0 Å². The van der Waals surface area contributed by atoms with Crippen molar-refractivity contribution in [3.8, 4) is 0 Å². The lowest BCUT2D eigenvalue weighted by Crippen LogP contribution is -2.23. The van der Waals surface area contributed by atoms with Gasteiger partial charge in [-0.2, -0.15) is 0 Å². The minimum Gasteiger partial charge on any atom is -0.311 e. The number of hydrogen-bond donors (Lipinski definition) is 1. The van der Waals surface area contributed by atoms with Crippen LogP contribution in [0, 0.1) is 5.41 Å². The molecule has 1 aliphatic carbocycles. The number of halogens is 1. The van der Waals surface area contributed by atoms with Crippen molar-refractivity contribution in [2.24, 2.45) is 5.41 Å². The normalized spacial score (nSPS) is 17.2. The molecule has 3 nitrogen and oxygen atoms in total. The van der Waals surface area contributed by atoms with Crippen LogP contribution in [0.3, 0.4) is 0 Å². The molecule has 18 heavy (non-hydrogen) atoms. The molecule has 2 aromatic rings. The van der Waals surface area contributed by atoms with E-state index in [1.54, 1.807) is 0 Å². The molecule has 0 unspecified atom stereocenters. The molecule has 96 valence electrons. The van der Waals surface area contributed by atoms with Gasteiger partial charge in [0.05, 0.1) is 10.7 Å². The fourth-order valence-corrected chi connectivity index (χ4v) is 2.56. The average Bonchev–Trinajstić information content (AvgIpc) is 3.02. The number of pyridine rings is 1. The first kappa shape index (κ1) is 12.0. The van der Waals surface area contributed by atoms with Crippen LogP contribution in [0.5, 0.6) is 0 Å². The van der Waals surface area contributed by atoms with Gasteiger partial charge in [-0.1, -0.05) is 18.5 Å². The van der Waals surface area contributed by atoms with Gasteiger partial charge >= 0.3 is 0 Å². The molecule has 1 saturated carbocycles. The molecule has 0 spiro atoms. The molecule has 0 bridgehead atoms. The molecular weight excluding hydrogens is 246 g/mol. The zero-order chi connectivity index (χ0) is 12.6. The van der Waals surface area contributed by atoms with Gasteiger partial charge in [0.25, 0.3) is 0 Å². The molecule has 2 heterocycles. The zero-order valence-electron chi connectivity index (χ0n) is 10.6.